The number of urea groups is 1. The highest BCUT2D eigenvalue weighted by Crippen LogP contribution is 2.07. The molecule has 1 heterocycles. The van der Waals surface area contributed by atoms with Gasteiger partial charge in [0.25, 0.3) is 0 Å². The second kappa shape index (κ2) is 5.51. The van der Waals surface area contributed by atoms with Crippen molar-refractivity contribution in [3.8, 4) is 0 Å². The molecule has 6 heteroatoms. The first kappa shape index (κ1) is 13.1. The van der Waals surface area contributed by atoms with Crippen LogP contribution in [-0.4, -0.2) is 15.8 Å². The number of benzene rings is 1. The summed E-state index contributed by atoms with van der Waals surface area (Å²) in [5, 5.41) is 9.35. The van der Waals surface area contributed by atoms with Gasteiger partial charge >= 0.3 is 6.03 Å². The van der Waals surface area contributed by atoms with Gasteiger partial charge in [0.05, 0.1) is 0 Å². The van der Waals surface area contributed by atoms with Crippen molar-refractivity contribution in [2.75, 3.05) is 5.32 Å². The number of carbonyl (C=O) groups is 1. The summed E-state index contributed by atoms with van der Waals surface area (Å²) < 4.78 is 14.6. The number of rotatable bonds is 3. The second-order valence-electron chi connectivity index (χ2n) is 4.23. The Labute approximate surface area is 110 Å². The fourth-order valence-electron chi connectivity index (χ4n) is 1.61. The lowest BCUT2D eigenvalue weighted by molar-refractivity contribution is 0.251. The molecule has 0 aliphatic carbocycles. The van der Waals surface area contributed by atoms with Crippen LogP contribution in [-0.2, 0) is 13.6 Å². The third-order valence-corrected chi connectivity index (χ3v) is 2.70. The van der Waals surface area contributed by atoms with E-state index in [1.807, 2.05) is 6.92 Å². The van der Waals surface area contributed by atoms with Gasteiger partial charge in [0.1, 0.15) is 5.82 Å². The number of nitrogens with zero attached hydrogens (tertiary/aromatic N) is 2. The summed E-state index contributed by atoms with van der Waals surface area (Å²) in [6.07, 6.45) is 0. The summed E-state index contributed by atoms with van der Waals surface area (Å²) in [6.45, 7) is 2.15. The van der Waals surface area contributed by atoms with Gasteiger partial charge in [-0.15, -0.1) is 0 Å². The molecule has 19 heavy (non-hydrogen) atoms. The molecule has 0 unspecified atom stereocenters. The molecule has 0 fully saturated rings. The molecule has 0 spiro atoms. The molecule has 1 aromatic carbocycles. The first-order valence-corrected chi connectivity index (χ1v) is 5.84. The van der Waals surface area contributed by atoms with E-state index in [1.54, 1.807) is 29.9 Å². The molecule has 0 bridgehead atoms. The van der Waals surface area contributed by atoms with Crippen LogP contribution in [0.15, 0.2) is 30.3 Å². The maximum Gasteiger partial charge on any atom is 0.320 e. The minimum Gasteiger partial charge on any atom is -0.334 e. The Kier molecular flexibility index (Phi) is 3.79. The van der Waals surface area contributed by atoms with Crippen LogP contribution < -0.4 is 10.6 Å². The number of carbonyl (C=O) groups excluding carboxylic acids is 1. The van der Waals surface area contributed by atoms with Gasteiger partial charge in [0.15, 0.2) is 5.82 Å². The number of aryl methyl sites for hydroxylation is 2. The van der Waals surface area contributed by atoms with E-state index >= 15 is 0 Å². The normalized spacial score (nSPS) is 10.3. The molecule has 0 radical (unpaired) electrons. The highest BCUT2D eigenvalue weighted by atomic mass is 19.1. The molecule has 0 saturated heterocycles. The standard InChI is InChI=1S/C13H15FN4O/c1-9-6-12(17-18(9)2)16-13(19)15-8-10-4-3-5-11(14)7-10/h3-7H,8H2,1-2H3,(H2,15,16,17,19). The van der Waals surface area contributed by atoms with Gasteiger partial charge in [-0.3, -0.25) is 10.00 Å². The number of hydrogen-bond donors (Lipinski definition) is 2. The van der Waals surface area contributed by atoms with E-state index in [4.69, 9.17) is 0 Å². The van der Waals surface area contributed by atoms with Crippen LogP contribution in [0.3, 0.4) is 0 Å². The van der Waals surface area contributed by atoms with Gasteiger partial charge in [-0.25, -0.2) is 9.18 Å². The molecule has 100 valence electrons. The van der Waals surface area contributed by atoms with E-state index in [0.29, 0.717) is 11.4 Å². The number of amides is 2. The Morgan fingerprint density at radius 3 is 2.84 bits per heavy atom. The van der Waals surface area contributed by atoms with Crippen LogP contribution >= 0.6 is 0 Å². The van der Waals surface area contributed by atoms with E-state index < -0.39 is 0 Å². The number of hydrogen-bond acceptors (Lipinski definition) is 2. The van der Waals surface area contributed by atoms with Gasteiger partial charge in [-0.1, -0.05) is 12.1 Å². The molecule has 2 rings (SSSR count). The summed E-state index contributed by atoms with van der Waals surface area (Å²) in [4.78, 5) is 11.6. The molecular formula is C13H15FN4O. The lowest BCUT2D eigenvalue weighted by atomic mass is 10.2. The van der Waals surface area contributed by atoms with E-state index in [1.165, 1.54) is 12.1 Å². The van der Waals surface area contributed by atoms with Gasteiger partial charge in [0.2, 0.25) is 0 Å². The maximum absolute atomic E-state index is 12.9. The number of anilines is 1. The lowest BCUT2D eigenvalue weighted by Gasteiger charge is -2.05. The lowest BCUT2D eigenvalue weighted by Crippen LogP contribution is -2.28. The quantitative estimate of drug-likeness (QED) is 0.890. The van der Waals surface area contributed by atoms with E-state index in [-0.39, 0.29) is 18.4 Å². The van der Waals surface area contributed by atoms with Crippen molar-refractivity contribution in [1.82, 2.24) is 15.1 Å². The van der Waals surface area contributed by atoms with Crippen molar-refractivity contribution >= 4 is 11.8 Å². The Balaban J connectivity index is 1.88. The average Bonchev–Trinajstić information content (AvgIpc) is 2.66. The largest absolute Gasteiger partial charge is 0.334 e. The zero-order chi connectivity index (χ0) is 13.8. The molecule has 0 aliphatic heterocycles. The van der Waals surface area contributed by atoms with E-state index in [2.05, 4.69) is 15.7 Å². The smallest absolute Gasteiger partial charge is 0.320 e. The van der Waals surface area contributed by atoms with Crippen LogP contribution in [0.4, 0.5) is 15.0 Å². The maximum atomic E-state index is 12.9. The van der Waals surface area contributed by atoms with E-state index in [0.717, 1.165) is 5.69 Å². The minimum atomic E-state index is -0.373. The summed E-state index contributed by atoms with van der Waals surface area (Å²) in [7, 11) is 1.80. The fraction of sp³-hybridized carbons (Fsp3) is 0.231. The van der Waals surface area contributed by atoms with E-state index in [9.17, 15) is 9.18 Å². The van der Waals surface area contributed by atoms with Gasteiger partial charge < -0.3 is 5.32 Å². The number of nitrogens with one attached hydrogen (secondary N) is 2. The highest BCUT2D eigenvalue weighted by Gasteiger charge is 2.05. The topological polar surface area (TPSA) is 59.0 Å². The predicted octanol–water partition coefficient (Wildman–Crippen LogP) is 2.19. The Morgan fingerprint density at radius 1 is 1.42 bits per heavy atom. The summed E-state index contributed by atoms with van der Waals surface area (Å²) in [5.74, 6) is 0.164. The number of aromatic nitrogens is 2. The molecule has 2 aromatic rings. The molecule has 2 amide bonds. The Morgan fingerprint density at radius 2 is 2.21 bits per heavy atom. The van der Waals surface area contributed by atoms with Gasteiger partial charge in [0, 0.05) is 25.4 Å². The van der Waals surface area contributed by atoms with Gasteiger partial charge in [-0.05, 0) is 24.6 Å². The molecular weight excluding hydrogens is 247 g/mol. The Bertz CT molecular complexity index is 575. The minimum absolute atomic E-state index is 0.259. The molecule has 0 saturated carbocycles. The van der Waals surface area contributed by atoms with Crippen molar-refractivity contribution in [2.45, 2.75) is 13.5 Å². The highest BCUT2D eigenvalue weighted by molar-refractivity contribution is 5.88. The van der Waals surface area contributed by atoms with Crippen LogP contribution in [0.25, 0.3) is 0 Å². The van der Waals surface area contributed by atoms with Crippen LogP contribution in [0.1, 0.15) is 11.3 Å². The molecule has 2 N–H and O–H groups in total. The molecule has 0 aliphatic rings. The number of halogens is 1. The summed E-state index contributed by atoms with van der Waals surface area (Å²) in [5.41, 5.74) is 1.65. The third-order valence-electron chi connectivity index (χ3n) is 2.70. The van der Waals surface area contributed by atoms with Crippen LogP contribution in [0.5, 0.6) is 0 Å². The van der Waals surface area contributed by atoms with Crippen molar-refractivity contribution < 1.29 is 9.18 Å². The average molecular weight is 262 g/mol. The van der Waals surface area contributed by atoms with Gasteiger partial charge in [-0.2, -0.15) is 5.10 Å². The summed E-state index contributed by atoms with van der Waals surface area (Å²) >= 11 is 0. The second-order valence-corrected chi connectivity index (χ2v) is 4.23. The SMILES string of the molecule is Cc1cc(NC(=O)NCc2cccc(F)c2)nn1C. The first-order chi connectivity index (χ1) is 9.04. The Hall–Kier alpha value is -2.37. The van der Waals surface area contributed by atoms with Crippen LogP contribution in [0.2, 0.25) is 0 Å². The van der Waals surface area contributed by atoms with Crippen molar-refractivity contribution in [2.24, 2.45) is 7.05 Å². The predicted molar refractivity (Wildman–Crippen MR) is 70.2 cm³/mol. The summed E-state index contributed by atoms with van der Waals surface area (Å²) in [6, 6.07) is 7.48. The van der Waals surface area contributed by atoms with Crippen molar-refractivity contribution in [1.29, 1.82) is 0 Å². The fourth-order valence-corrected chi connectivity index (χ4v) is 1.61. The zero-order valence-corrected chi connectivity index (χ0v) is 10.8. The zero-order valence-electron chi connectivity index (χ0n) is 10.8. The first-order valence-electron chi connectivity index (χ1n) is 5.84. The monoisotopic (exact) mass is 262 g/mol. The molecule has 5 nitrogen and oxygen atoms in total. The molecule has 1 aromatic heterocycles. The van der Waals surface area contributed by atoms with Crippen molar-refractivity contribution in [3.05, 3.63) is 47.4 Å². The van der Waals surface area contributed by atoms with Crippen molar-refractivity contribution in [3.63, 3.8) is 0 Å². The van der Waals surface area contributed by atoms with Crippen LogP contribution in [0, 0.1) is 12.7 Å². The molecule has 0 atom stereocenters. The third kappa shape index (κ3) is 3.54.